The third-order valence-corrected chi connectivity index (χ3v) is 3.50. The highest BCUT2D eigenvalue weighted by atomic mass is 79.9. The van der Waals surface area contributed by atoms with Gasteiger partial charge in [-0.15, -0.1) is 12.6 Å². The first-order valence-corrected chi connectivity index (χ1v) is 6.35. The Morgan fingerprint density at radius 2 is 2.19 bits per heavy atom. The highest BCUT2D eigenvalue weighted by molar-refractivity contribution is 9.10. The van der Waals surface area contributed by atoms with Crippen LogP contribution < -0.4 is 0 Å². The molecule has 1 aromatic carbocycles. The lowest BCUT2D eigenvalue weighted by molar-refractivity contribution is 0.0770. The third kappa shape index (κ3) is 2.50. The highest BCUT2D eigenvalue weighted by Gasteiger charge is 2.18. The van der Waals surface area contributed by atoms with E-state index in [2.05, 4.69) is 34.6 Å². The molecule has 0 radical (unpaired) electrons. The van der Waals surface area contributed by atoms with Crippen LogP contribution in [0, 0.1) is 0 Å². The minimum Gasteiger partial charge on any atom is -0.335 e. The van der Waals surface area contributed by atoms with E-state index in [1.165, 1.54) is 0 Å². The van der Waals surface area contributed by atoms with Crippen LogP contribution in [0.25, 0.3) is 0 Å². The maximum Gasteiger partial charge on any atom is 0.255 e. The molecule has 0 aromatic heterocycles. The van der Waals surface area contributed by atoms with Gasteiger partial charge in [0.05, 0.1) is 5.56 Å². The molecule has 0 spiro atoms. The zero-order chi connectivity index (χ0) is 11.5. The first kappa shape index (κ1) is 11.7. The number of benzene rings is 1. The van der Waals surface area contributed by atoms with Gasteiger partial charge in [-0.2, -0.15) is 0 Å². The van der Waals surface area contributed by atoms with Crippen molar-refractivity contribution in [2.75, 3.05) is 13.1 Å². The summed E-state index contributed by atoms with van der Waals surface area (Å²) in [6.45, 7) is 1.49. The second-order valence-corrected chi connectivity index (χ2v) is 5.05. The fraction of sp³-hybridized carbons (Fsp3) is 0.250. The van der Waals surface area contributed by atoms with E-state index in [1.54, 1.807) is 6.07 Å². The lowest BCUT2D eigenvalue weighted by atomic mass is 10.1. The van der Waals surface area contributed by atoms with Crippen molar-refractivity contribution in [3.05, 3.63) is 40.4 Å². The Balaban J connectivity index is 2.26. The van der Waals surface area contributed by atoms with Crippen LogP contribution in [0.15, 0.2) is 39.7 Å². The minimum absolute atomic E-state index is 0.0622. The summed E-state index contributed by atoms with van der Waals surface area (Å²) < 4.78 is 0.824. The molecule has 1 aromatic rings. The molecule has 2 rings (SSSR count). The normalized spacial score (nSPS) is 15.2. The summed E-state index contributed by atoms with van der Waals surface area (Å²) in [6, 6.07) is 5.52. The van der Waals surface area contributed by atoms with Crippen LogP contribution in [0.3, 0.4) is 0 Å². The number of carbonyl (C=O) groups excluding carboxylic acids is 1. The first-order valence-electron chi connectivity index (χ1n) is 5.11. The van der Waals surface area contributed by atoms with E-state index >= 15 is 0 Å². The van der Waals surface area contributed by atoms with Crippen molar-refractivity contribution in [3.8, 4) is 0 Å². The molecule has 1 aliphatic heterocycles. The molecule has 4 heteroatoms. The summed E-state index contributed by atoms with van der Waals surface area (Å²) in [5.41, 5.74) is 0.683. The van der Waals surface area contributed by atoms with Crippen molar-refractivity contribution in [2.24, 2.45) is 0 Å². The molecule has 0 N–H and O–H groups in total. The van der Waals surface area contributed by atoms with Gasteiger partial charge < -0.3 is 4.90 Å². The van der Waals surface area contributed by atoms with Gasteiger partial charge >= 0.3 is 0 Å². The minimum atomic E-state index is 0.0622. The molecule has 0 aliphatic carbocycles. The fourth-order valence-corrected chi connectivity index (χ4v) is 2.29. The topological polar surface area (TPSA) is 20.3 Å². The number of hydrogen-bond donors (Lipinski definition) is 1. The standard InChI is InChI=1S/C12H12BrNOS/c13-11-5-4-9(16)8-10(11)12(15)14-6-2-1-3-7-14/h1-2,4-5,8,16H,3,6-7H2. The monoisotopic (exact) mass is 297 g/mol. The van der Waals surface area contributed by atoms with E-state index in [-0.39, 0.29) is 5.91 Å². The van der Waals surface area contributed by atoms with Gasteiger partial charge in [0.1, 0.15) is 0 Å². The van der Waals surface area contributed by atoms with Crippen LogP contribution in [0.2, 0.25) is 0 Å². The van der Waals surface area contributed by atoms with Gasteiger partial charge in [-0.25, -0.2) is 0 Å². The second kappa shape index (κ2) is 5.06. The van der Waals surface area contributed by atoms with E-state index in [4.69, 9.17) is 0 Å². The molecule has 1 amide bonds. The van der Waals surface area contributed by atoms with E-state index in [0.29, 0.717) is 12.1 Å². The van der Waals surface area contributed by atoms with Crippen LogP contribution in [-0.2, 0) is 0 Å². The van der Waals surface area contributed by atoms with E-state index in [1.807, 2.05) is 23.1 Å². The molecule has 2 nitrogen and oxygen atoms in total. The summed E-state index contributed by atoms with van der Waals surface area (Å²) in [5, 5.41) is 0. The molecule has 1 heterocycles. The summed E-state index contributed by atoms with van der Waals surface area (Å²) in [5.74, 6) is 0.0622. The van der Waals surface area contributed by atoms with Gasteiger partial charge in [0.15, 0.2) is 0 Å². The van der Waals surface area contributed by atoms with E-state index in [0.717, 1.165) is 22.3 Å². The zero-order valence-electron chi connectivity index (χ0n) is 8.69. The van der Waals surface area contributed by atoms with Crippen LogP contribution in [0.5, 0.6) is 0 Å². The molecule has 0 fully saturated rings. The van der Waals surface area contributed by atoms with Gasteiger partial charge in [0, 0.05) is 22.5 Å². The Morgan fingerprint density at radius 1 is 1.38 bits per heavy atom. The molecule has 16 heavy (non-hydrogen) atoms. The molecule has 0 unspecified atom stereocenters. The maximum absolute atomic E-state index is 12.2. The van der Waals surface area contributed by atoms with Crippen molar-refractivity contribution in [3.63, 3.8) is 0 Å². The largest absolute Gasteiger partial charge is 0.335 e. The van der Waals surface area contributed by atoms with Crippen LogP contribution in [-0.4, -0.2) is 23.9 Å². The van der Waals surface area contributed by atoms with Gasteiger partial charge in [-0.1, -0.05) is 12.2 Å². The van der Waals surface area contributed by atoms with E-state index in [9.17, 15) is 4.79 Å². The van der Waals surface area contributed by atoms with Crippen molar-refractivity contribution < 1.29 is 4.79 Å². The number of amides is 1. The van der Waals surface area contributed by atoms with Crippen molar-refractivity contribution in [1.82, 2.24) is 4.90 Å². The Kier molecular flexibility index (Phi) is 3.71. The predicted molar refractivity (Wildman–Crippen MR) is 71.1 cm³/mol. The molecule has 1 aliphatic rings. The maximum atomic E-state index is 12.2. The van der Waals surface area contributed by atoms with Gasteiger partial charge in [0.25, 0.3) is 5.91 Å². The molecule has 84 valence electrons. The number of thiol groups is 1. The SMILES string of the molecule is O=C(c1cc(S)ccc1Br)N1CC=CCC1. The van der Waals surface area contributed by atoms with Crippen LogP contribution >= 0.6 is 28.6 Å². The fourth-order valence-electron chi connectivity index (χ4n) is 1.67. The average molecular weight is 298 g/mol. The lowest BCUT2D eigenvalue weighted by Crippen LogP contribution is -2.33. The van der Waals surface area contributed by atoms with Crippen LogP contribution in [0.4, 0.5) is 0 Å². The Bertz CT molecular complexity index is 445. The molecule has 0 atom stereocenters. The van der Waals surface area contributed by atoms with Gasteiger partial charge in [0.2, 0.25) is 0 Å². The summed E-state index contributed by atoms with van der Waals surface area (Å²) in [7, 11) is 0. The average Bonchev–Trinajstić information content (AvgIpc) is 2.32. The second-order valence-electron chi connectivity index (χ2n) is 3.68. The predicted octanol–water partition coefficient (Wildman–Crippen LogP) is 3.14. The third-order valence-electron chi connectivity index (χ3n) is 2.53. The first-order chi connectivity index (χ1) is 7.68. The number of carbonyl (C=O) groups is 1. The Morgan fingerprint density at radius 3 is 2.88 bits per heavy atom. The highest BCUT2D eigenvalue weighted by Crippen LogP contribution is 2.22. The number of nitrogens with zero attached hydrogens (tertiary/aromatic N) is 1. The molecule has 0 saturated carbocycles. The molecule has 0 bridgehead atoms. The summed E-state index contributed by atoms with van der Waals surface area (Å²) in [6.07, 6.45) is 5.07. The van der Waals surface area contributed by atoms with Crippen molar-refractivity contribution in [1.29, 1.82) is 0 Å². The quantitative estimate of drug-likeness (QED) is 0.624. The number of halogens is 1. The van der Waals surface area contributed by atoms with Gasteiger partial charge in [-0.05, 0) is 40.5 Å². The Hall–Kier alpha value is -0.740. The van der Waals surface area contributed by atoms with Crippen molar-refractivity contribution >= 4 is 34.5 Å². The lowest BCUT2D eigenvalue weighted by Gasteiger charge is -2.24. The number of rotatable bonds is 1. The van der Waals surface area contributed by atoms with Gasteiger partial charge in [-0.3, -0.25) is 4.79 Å². The van der Waals surface area contributed by atoms with Crippen LogP contribution in [0.1, 0.15) is 16.8 Å². The summed E-state index contributed by atoms with van der Waals surface area (Å²) in [4.78, 5) is 14.8. The molecule has 0 saturated heterocycles. The zero-order valence-corrected chi connectivity index (χ0v) is 11.2. The van der Waals surface area contributed by atoms with E-state index < -0.39 is 0 Å². The van der Waals surface area contributed by atoms with Crippen molar-refractivity contribution in [2.45, 2.75) is 11.3 Å². The Labute approximate surface area is 109 Å². The summed E-state index contributed by atoms with van der Waals surface area (Å²) >= 11 is 7.65. The smallest absolute Gasteiger partial charge is 0.255 e. The number of hydrogen-bond acceptors (Lipinski definition) is 2. The molecular formula is C12H12BrNOS. The molecular weight excluding hydrogens is 286 g/mol.